The molecule has 2 aliphatic heterocycles. The van der Waals surface area contributed by atoms with Crippen molar-refractivity contribution < 1.29 is 187 Å². The standard InChI is InChI=1S/C32H16N8O12S4.Cu.4Na/c41-53(42,43)13-1-5-17-21(9-13)29-34-25(17)33-26-18-6-2-15(55(47,48)49)11-23(18)31(35-26)40-32-24-12-16(56(50,51)52)4-8-20(24)28(39-32)38-30-22-10-14(54(44,45)46)3-7-19(22)27(36-29)37-30;;;;;/h1-12H,(H4-2,33,34,35,36,37,38,39,40,41,42,43,44,45,46,47,48,49,50,51,52);;;;;/q-2;+2;4*+1/p-4. The molecule has 1 radical (unpaired) electrons. The normalized spacial score (nSPS) is 12.1. The zero-order valence-electron chi connectivity index (χ0n) is 31.3. The Morgan fingerprint density at radius 2 is 0.607 bits per heavy atom. The van der Waals surface area contributed by atoms with Crippen LogP contribution in [0.5, 0.6) is 0 Å². The van der Waals surface area contributed by atoms with Gasteiger partial charge in [0.1, 0.15) is 40.5 Å². The van der Waals surface area contributed by atoms with Crippen molar-refractivity contribution in [3.05, 3.63) is 72.8 Å². The SMILES string of the molecule is O=S(=O)([O-])c1ccc2c(c1)-c1nc-2nc2[n-]c(nc3nc(nc4[n-]c(n1)c1ccc(S(=O)(=O)[O-])cc41)-c1cc(S(=O)(=O)[O-])ccc1-3)c1ccc(S(=O)(=O)[O-])cc21.[Cu+2].[Na+].[Na+].[Na+].[Na+]. The van der Waals surface area contributed by atoms with E-state index in [0.29, 0.717) is 0 Å². The Morgan fingerprint density at radius 3 is 0.918 bits per heavy atom. The van der Waals surface area contributed by atoms with Gasteiger partial charge in [-0.2, -0.15) is 0 Å². The van der Waals surface area contributed by atoms with Crippen LogP contribution in [-0.2, 0) is 57.5 Å². The third-order valence-electron chi connectivity index (χ3n) is 8.74. The fourth-order valence-corrected chi connectivity index (χ4v) is 8.19. The Morgan fingerprint density at radius 1 is 0.344 bits per heavy atom. The number of aromatic nitrogens is 8. The van der Waals surface area contributed by atoms with Gasteiger partial charge in [0.25, 0.3) is 0 Å². The summed E-state index contributed by atoms with van der Waals surface area (Å²) >= 11 is 0. The molecule has 2 aliphatic rings. The number of hydrogen-bond acceptors (Lipinski definition) is 18. The summed E-state index contributed by atoms with van der Waals surface area (Å²) in [6, 6.07) is 12.8. The Balaban J connectivity index is 0.00000164. The first kappa shape index (κ1) is 52.0. The Labute approximate surface area is 443 Å². The summed E-state index contributed by atoms with van der Waals surface area (Å²) in [5.74, 6) is -0.882. The zero-order chi connectivity index (χ0) is 39.7. The molecule has 291 valence electrons. The van der Waals surface area contributed by atoms with Gasteiger partial charge in [0.2, 0.25) is 0 Å². The molecule has 0 amide bonds. The van der Waals surface area contributed by atoms with Crippen LogP contribution in [0, 0.1) is 0 Å². The zero-order valence-corrected chi connectivity index (χ0v) is 43.5. The summed E-state index contributed by atoms with van der Waals surface area (Å²) in [7, 11) is -20.1. The average Bonchev–Trinajstić information content (AvgIpc) is 3.84. The molecule has 20 nitrogen and oxygen atoms in total. The van der Waals surface area contributed by atoms with Crippen LogP contribution in [0.15, 0.2) is 92.4 Å². The van der Waals surface area contributed by atoms with Gasteiger partial charge in [-0.25, -0.2) is 43.6 Å². The summed E-state index contributed by atoms with van der Waals surface area (Å²) in [6.07, 6.45) is 0. The van der Waals surface area contributed by atoms with Crippen molar-refractivity contribution in [3.8, 4) is 45.6 Å². The summed E-state index contributed by atoms with van der Waals surface area (Å²) in [5, 5.41) is 0.169. The van der Waals surface area contributed by atoms with Gasteiger partial charge in [0, 0.05) is 44.8 Å². The average molecular weight is 984 g/mol. The van der Waals surface area contributed by atoms with Crippen LogP contribution in [-0.4, -0.2) is 81.8 Å². The van der Waals surface area contributed by atoms with Crippen molar-refractivity contribution >= 4 is 84.6 Å². The molecule has 5 heterocycles. The fourth-order valence-electron chi connectivity index (χ4n) is 6.20. The maximum absolute atomic E-state index is 12.0. The number of rotatable bonds is 4. The van der Waals surface area contributed by atoms with Gasteiger partial charge in [-0.05, 0) is 70.1 Å². The summed E-state index contributed by atoms with van der Waals surface area (Å²) in [6.45, 7) is 0. The molecule has 0 N–H and O–H groups in total. The third-order valence-corrected chi connectivity index (χ3v) is 12.1. The van der Waals surface area contributed by atoms with E-state index in [2.05, 4.69) is 39.9 Å². The van der Waals surface area contributed by atoms with Crippen LogP contribution in [0.4, 0.5) is 0 Å². The van der Waals surface area contributed by atoms with Gasteiger partial charge < -0.3 is 48.1 Å². The molecule has 8 bridgehead atoms. The maximum Gasteiger partial charge on any atom is 2.00 e. The number of benzene rings is 4. The molecule has 0 fully saturated rings. The predicted molar refractivity (Wildman–Crippen MR) is 186 cm³/mol. The predicted octanol–water partition coefficient (Wildman–Crippen LogP) is -10.2. The van der Waals surface area contributed by atoms with Gasteiger partial charge in [0.15, 0.2) is 0 Å². The number of hydrogen-bond donors (Lipinski definition) is 0. The molecular formula is C32H12CuN8Na4O12S4. The topological polar surface area (TPSA) is 334 Å². The molecule has 29 heteroatoms. The van der Waals surface area contributed by atoms with E-state index >= 15 is 0 Å². The van der Waals surface area contributed by atoms with Gasteiger partial charge in [-0.15, -0.1) is 0 Å². The van der Waals surface area contributed by atoms with Crippen LogP contribution in [0.3, 0.4) is 0 Å². The van der Waals surface area contributed by atoms with Crippen molar-refractivity contribution in [2.24, 2.45) is 0 Å². The summed E-state index contributed by atoms with van der Waals surface area (Å²) < 4.78 is 145. The summed E-state index contributed by atoms with van der Waals surface area (Å²) in [4.78, 5) is 33.1. The second-order valence-corrected chi connectivity index (χ2v) is 17.6. The quantitative estimate of drug-likeness (QED) is 0.117. The monoisotopic (exact) mass is 983 g/mol. The van der Waals surface area contributed by atoms with E-state index in [1.54, 1.807) is 0 Å². The second-order valence-electron chi connectivity index (χ2n) is 12.1. The molecule has 0 unspecified atom stereocenters. The minimum absolute atomic E-state index is 0. The van der Waals surface area contributed by atoms with Crippen molar-refractivity contribution in [3.63, 3.8) is 0 Å². The van der Waals surface area contributed by atoms with Crippen LogP contribution in [0.2, 0.25) is 0 Å². The van der Waals surface area contributed by atoms with Gasteiger partial charge in [0.05, 0.1) is 42.9 Å². The molecule has 3 aromatic heterocycles. The van der Waals surface area contributed by atoms with Gasteiger partial charge in [-0.1, -0.05) is 24.3 Å². The van der Waals surface area contributed by atoms with Crippen LogP contribution < -0.4 is 128 Å². The Kier molecular flexibility index (Phi) is 15.7. The second kappa shape index (κ2) is 18.3. The number of fused-ring (bicyclic) bond motifs is 20. The summed E-state index contributed by atoms with van der Waals surface area (Å²) in [5.41, 5.74) is -0.712. The first-order valence-corrected chi connectivity index (χ1v) is 21.0. The molecule has 9 rings (SSSR count). The van der Waals surface area contributed by atoms with E-state index in [1.165, 1.54) is 24.3 Å². The molecule has 0 saturated heterocycles. The van der Waals surface area contributed by atoms with Crippen molar-refractivity contribution in [1.82, 2.24) is 39.9 Å². The van der Waals surface area contributed by atoms with Crippen LogP contribution in [0.1, 0.15) is 0 Å². The Bertz CT molecular complexity index is 3640. The third kappa shape index (κ3) is 9.70. The van der Waals surface area contributed by atoms with E-state index < -0.39 is 60.1 Å². The van der Waals surface area contributed by atoms with Crippen molar-refractivity contribution in [1.29, 1.82) is 0 Å². The van der Waals surface area contributed by atoms with E-state index in [-0.39, 0.29) is 225 Å². The molecule has 0 aliphatic carbocycles. The largest absolute Gasteiger partial charge is 2.00 e. The van der Waals surface area contributed by atoms with E-state index in [1.807, 2.05) is 0 Å². The molecule has 61 heavy (non-hydrogen) atoms. The van der Waals surface area contributed by atoms with E-state index in [9.17, 15) is 51.9 Å². The first-order chi connectivity index (χ1) is 26.2. The molecule has 7 aromatic rings. The molecular weight excluding hydrogens is 972 g/mol. The molecule has 4 aromatic carbocycles. The minimum Gasteiger partial charge on any atom is -0.744 e. The van der Waals surface area contributed by atoms with Crippen LogP contribution in [0.25, 0.3) is 89.7 Å². The van der Waals surface area contributed by atoms with E-state index in [0.717, 1.165) is 48.5 Å². The fraction of sp³-hybridized carbons (Fsp3) is 0. The number of nitrogens with zero attached hydrogens (tertiary/aromatic N) is 8. The molecule has 0 saturated carbocycles. The molecule has 0 spiro atoms. The van der Waals surface area contributed by atoms with Crippen molar-refractivity contribution in [2.75, 3.05) is 0 Å². The maximum atomic E-state index is 12.0. The molecule has 0 atom stereocenters. The minimum atomic E-state index is -5.03. The van der Waals surface area contributed by atoms with Gasteiger partial charge >= 0.3 is 135 Å². The smallest absolute Gasteiger partial charge is 0.744 e. The van der Waals surface area contributed by atoms with Crippen molar-refractivity contribution in [2.45, 2.75) is 19.6 Å². The van der Waals surface area contributed by atoms with E-state index in [4.69, 9.17) is 0 Å². The van der Waals surface area contributed by atoms with Crippen LogP contribution >= 0.6 is 0 Å². The van der Waals surface area contributed by atoms with Gasteiger partial charge in [-0.3, -0.25) is 0 Å². The Hall–Kier alpha value is -1.60. The first-order valence-electron chi connectivity index (χ1n) is 15.3.